The summed E-state index contributed by atoms with van der Waals surface area (Å²) in [6.45, 7) is -0.0473. The highest BCUT2D eigenvalue weighted by Gasteiger charge is 2.19. The number of hydrogen-bond donors (Lipinski definition) is 1. The van der Waals surface area contributed by atoms with Gasteiger partial charge in [0.05, 0.1) is 28.2 Å². The molecule has 9 nitrogen and oxygen atoms in total. The fourth-order valence-electron chi connectivity index (χ4n) is 3.68. The Morgan fingerprint density at radius 2 is 1.92 bits per heavy atom. The van der Waals surface area contributed by atoms with Crippen LogP contribution in [0.15, 0.2) is 87.1 Å². The van der Waals surface area contributed by atoms with Crippen LogP contribution in [0.4, 0.5) is 15.8 Å². The molecule has 0 saturated carbocycles. The van der Waals surface area contributed by atoms with Gasteiger partial charge in [-0.3, -0.25) is 4.79 Å². The molecule has 1 N–H and O–H groups in total. The minimum atomic E-state index is -3.64. The van der Waals surface area contributed by atoms with Crippen LogP contribution >= 0.6 is 11.3 Å². The second-order valence-electron chi connectivity index (χ2n) is 8.46. The number of carbonyl (C=O) groups excluding carboxylic acids is 1. The monoisotopic (exact) mass is 551 g/mol. The van der Waals surface area contributed by atoms with E-state index in [0.29, 0.717) is 33.2 Å². The summed E-state index contributed by atoms with van der Waals surface area (Å²) in [6, 6.07) is 17.7. The van der Waals surface area contributed by atoms with Gasteiger partial charge in [-0.2, -0.15) is 5.10 Å². The molecular formula is C26H22FN5O4S2. The van der Waals surface area contributed by atoms with Gasteiger partial charge < -0.3 is 10.1 Å². The first kappa shape index (κ1) is 25.5. The molecule has 0 aliphatic carbocycles. The molecule has 12 heteroatoms. The van der Waals surface area contributed by atoms with E-state index in [2.05, 4.69) is 15.4 Å². The highest BCUT2D eigenvalue weighted by molar-refractivity contribution is 7.89. The summed E-state index contributed by atoms with van der Waals surface area (Å²) in [6.07, 6.45) is 1.51. The summed E-state index contributed by atoms with van der Waals surface area (Å²) >= 11 is 1.29. The van der Waals surface area contributed by atoms with E-state index in [1.807, 2.05) is 11.4 Å². The summed E-state index contributed by atoms with van der Waals surface area (Å²) < 4.78 is 47.1. The van der Waals surface area contributed by atoms with E-state index in [0.717, 1.165) is 9.87 Å². The first-order valence-electron chi connectivity index (χ1n) is 11.4. The minimum Gasteiger partial charge on any atom is -0.482 e. The number of benzene rings is 3. The summed E-state index contributed by atoms with van der Waals surface area (Å²) in [5, 5.41) is 9.21. The van der Waals surface area contributed by atoms with Crippen molar-refractivity contribution in [1.82, 2.24) is 8.98 Å². The number of ether oxygens (including phenoxy) is 1. The largest absolute Gasteiger partial charge is 0.482 e. The molecule has 1 aliphatic heterocycles. The van der Waals surface area contributed by atoms with Gasteiger partial charge >= 0.3 is 0 Å². The van der Waals surface area contributed by atoms with Gasteiger partial charge in [0.25, 0.3) is 5.91 Å². The van der Waals surface area contributed by atoms with Crippen molar-refractivity contribution < 1.29 is 22.3 Å². The van der Waals surface area contributed by atoms with E-state index >= 15 is 0 Å². The third-order valence-electron chi connectivity index (χ3n) is 5.59. The number of hydrogen-bond acceptors (Lipinski definition) is 7. The molecule has 194 valence electrons. The predicted octanol–water partition coefficient (Wildman–Crippen LogP) is 4.05. The van der Waals surface area contributed by atoms with E-state index in [1.54, 1.807) is 41.1 Å². The van der Waals surface area contributed by atoms with Crippen molar-refractivity contribution in [2.24, 2.45) is 10.1 Å². The maximum absolute atomic E-state index is 13.7. The zero-order valence-electron chi connectivity index (χ0n) is 20.3. The first-order valence-corrected chi connectivity index (χ1v) is 13.7. The SMILES string of the molecule is CN(C)S(=O)(=O)c1cccc(N=c2scc(-c3ccc4c(c3)NC(=O)CO4)n2/N=C/c2cccc(F)c2)c1. The number of anilines is 1. The minimum absolute atomic E-state index is 0.0473. The van der Waals surface area contributed by atoms with Crippen molar-refractivity contribution in [3.05, 3.63) is 88.3 Å². The Balaban J connectivity index is 1.64. The molecule has 1 aromatic heterocycles. The Labute approximate surface area is 222 Å². The molecule has 1 amide bonds. The molecule has 5 rings (SSSR count). The normalized spacial score (nSPS) is 14.0. The third kappa shape index (κ3) is 5.28. The predicted molar refractivity (Wildman–Crippen MR) is 144 cm³/mol. The van der Waals surface area contributed by atoms with Crippen LogP contribution in [0.3, 0.4) is 0 Å². The highest BCUT2D eigenvalue weighted by atomic mass is 32.2. The number of nitrogens with one attached hydrogen (secondary N) is 1. The standard InChI is InChI=1S/C26H22FN5O4S2/c1-31(2)38(34,35)21-8-4-7-20(13-21)29-26-32(28-14-17-5-3-6-19(27)11-17)23(16-37-26)18-9-10-24-22(12-18)30-25(33)15-36-24/h3-14,16H,15H2,1-2H3,(H,30,33)/b28-14+,29-26?. The summed E-state index contributed by atoms with van der Waals surface area (Å²) in [7, 11) is -0.717. The van der Waals surface area contributed by atoms with Gasteiger partial charge in [0.1, 0.15) is 11.6 Å². The fourth-order valence-corrected chi connectivity index (χ4v) is 5.47. The number of amides is 1. The van der Waals surface area contributed by atoms with Crippen LogP contribution < -0.4 is 14.9 Å². The van der Waals surface area contributed by atoms with Crippen LogP contribution in [0.25, 0.3) is 11.3 Å². The summed E-state index contributed by atoms with van der Waals surface area (Å²) in [4.78, 5) is 17.0. The van der Waals surface area contributed by atoms with Crippen molar-refractivity contribution in [1.29, 1.82) is 0 Å². The van der Waals surface area contributed by atoms with E-state index in [1.165, 1.54) is 55.9 Å². The van der Waals surface area contributed by atoms with Gasteiger partial charge in [-0.25, -0.2) is 26.8 Å². The number of sulfonamides is 1. The number of fused-ring (bicyclic) bond motifs is 1. The molecule has 1 aliphatic rings. The van der Waals surface area contributed by atoms with Crippen LogP contribution in [0.2, 0.25) is 0 Å². The van der Waals surface area contributed by atoms with E-state index in [9.17, 15) is 17.6 Å². The smallest absolute Gasteiger partial charge is 0.262 e. The second kappa shape index (κ2) is 10.3. The molecule has 3 aromatic carbocycles. The molecule has 2 heterocycles. The first-order chi connectivity index (χ1) is 18.2. The Bertz CT molecular complexity index is 1740. The summed E-state index contributed by atoms with van der Waals surface area (Å²) in [5.41, 5.74) is 2.88. The van der Waals surface area contributed by atoms with Crippen molar-refractivity contribution in [2.45, 2.75) is 4.90 Å². The molecule has 0 unspecified atom stereocenters. The average molecular weight is 552 g/mol. The van der Waals surface area contributed by atoms with Gasteiger partial charge in [-0.05, 0) is 54.1 Å². The highest BCUT2D eigenvalue weighted by Crippen LogP contribution is 2.33. The van der Waals surface area contributed by atoms with Crippen LogP contribution in [0.1, 0.15) is 5.56 Å². The summed E-state index contributed by atoms with van der Waals surface area (Å²) in [5.74, 6) is -0.0822. The Morgan fingerprint density at radius 1 is 1.11 bits per heavy atom. The molecule has 4 aromatic rings. The lowest BCUT2D eigenvalue weighted by Gasteiger charge is -2.18. The molecule has 0 fully saturated rings. The molecule has 0 bridgehead atoms. The maximum atomic E-state index is 13.7. The van der Waals surface area contributed by atoms with Gasteiger partial charge in [-0.1, -0.05) is 18.2 Å². The zero-order chi connectivity index (χ0) is 26.9. The van der Waals surface area contributed by atoms with Crippen LogP contribution in [-0.2, 0) is 14.8 Å². The third-order valence-corrected chi connectivity index (χ3v) is 8.21. The quantitative estimate of drug-likeness (QED) is 0.365. The van der Waals surface area contributed by atoms with Crippen molar-refractivity contribution in [2.75, 3.05) is 26.0 Å². The molecule has 0 atom stereocenters. The van der Waals surface area contributed by atoms with Crippen LogP contribution in [0, 0.1) is 5.82 Å². The lowest BCUT2D eigenvalue weighted by molar-refractivity contribution is -0.118. The average Bonchev–Trinajstić information content (AvgIpc) is 3.29. The number of thiazole rings is 1. The van der Waals surface area contributed by atoms with Gasteiger partial charge in [-0.15, -0.1) is 11.3 Å². The van der Waals surface area contributed by atoms with Crippen molar-refractivity contribution >= 4 is 44.9 Å². The number of nitrogens with zero attached hydrogens (tertiary/aromatic N) is 4. The Morgan fingerprint density at radius 3 is 2.71 bits per heavy atom. The van der Waals surface area contributed by atoms with E-state index in [-0.39, 0.29) is 17.4 Å². The van der Waals surface area contributed by atoms with Crippen molar-refractivity contribution in [3.8, 4) is 17.0 Å². The van der Waals surface area contributed by atoms with Crippen molar-refractivity contribution in [3.63, 3.8) is 0 Å². The maximum Gasteiger partial charge on any atom is 0.262 e. The van der Waals surface area contributed by atoms with Gasteiger partial charge in [0, 0.05) is 25.0 Å². The lowest BCUT2D eigenvalue weighted by Crippen LogP contribution is -2.25. The number of aromatic nitrogens is 1. The number of carbonyl (C=O) groups is 1. The van der Waals surface area contributed by atoms with Gasteiger partial charge in [0.2, 0.25) is 14.8 Å². The zero-order valence-corrected chi connectivity index (χ0v) is 22.0. The van der Waals surface area contributed by atoms with E-state index in [4.69, 9.17) is 4.74 Å². The van der Waals surface area contributed by atoms with E-state index < -0.39 is 15.8 Å². The number of halogens is 1. The molecular weight excluding hydrogens is 529 g/mol. The van der Waals surface area contributed by atoms with Gasteiger partial charge in [0.15, 0.2) is 6.61 Å². The second-order valence-corrected chi connectivity index (χ2v) is 11.4. The van der Waals surface area contributed by atoms with Crippen LogP contribution in [-0.4, -0.2) is 50.2 Å². The molecule has 0 saturated heterocycles. The lowest BCUT2D eigenvalue weighted by atomic mass is 10.1. The number of rotatable bonds is 6. The fraction of sp³-hybridized carbons (Fsp3) is 0.115. The molecule has 0 spiro atoms. The molecule has 0 radical (unpaired) electrons. The Hall–Kier alpha value is -4.13. The topological polar surface area (TPSA) is 105 Å². The molecule has 38 heavy (non-hydrogen) atoms. The Kier molecular flexibility index (Phi) is 6.93. The van der Waals surface area contributed by atoms with Crippen LogP contribution in [0.5, 0.6) is 5.75 Å².